The standard InChI is InChI=1S/C19H21BrClN5/c1-12(2)26-11-22-24-19(26)14-4-3-7-25(10-14)17-6-5-13-8-15(20)9-16(21)18(13)23-17/h5-6,8-9,11-12,14H,3-4,7,10H2,1-2H3. The first-order chi connectivity index (χ1) is 12.5. The van der Waals surface area contributed by atoms with Gasteiger partial charge in [-0.3, -0.25) is 0 Å². The zero-order valence-electron chi connectivity index (χ0n) is 14.9. The molecule has 0 radical (unpaired) electrons. The summed E-state index contributed by atoms with van der Waals surface area (Å²) in [7, 11) is 0. The fourth-order valence-electron chi connectivity index (χ4n) is 3.66. The molecule has 3 aromatic rings. The molecule has 2 aromatic heterocycles. The van der Waals surface area contributed by atoms with Crippen LogP contribution in [0.3, 0.4) is 0 Å². The van der Waals surface area contributed by atoms with Crippen molar-refractivity contribution in [1.29, 1.82) is 0 Å². The van der Waals surface area contributed by atoms with E-state index in [1.807, 2.05) is 18.5 Å². The van der Waals surface area contributed by atoms with Gasteiger partial charge in [0.2, 0.25) is 0 Å². The van der Waals surface area contributed by atoms with Crippen LogP contribution in [-0.2, 0) is 0 Å². The van der Waals surface area contributed by atoms with Crippen molar-refractivity contribution in [2.45, 2.75) is 38.6 Å². The van der Waals surface area contributed by atoms with Gasteiger partial charge < -0.3 is 9.47 Å². The van der Waals surface area contributed by atoms with Crippen LogP contribution >= 0.6 is 27.5 Å². The van der Waals surface area contributed by atoms with Crippen LogP contribution in [0, 0.1) is 0 Å². The van der Waals surface area contributed by atoms with Crippen molar-refractivity contribution in [2.24, 2.45) is 0 Å². The van der Waals surface area contributed by atoms with Crippen molar-refractivity contribution < 1.29 is 0 Å². The van der Waals surface area contributed by atoms with E-state index < -0.39 is 0 Å². The molecule has 0 amide bonds. The molecule has 5 nitrogen and oxygen atoms in total. The first-order valence-corrected chi connectivity index (χ1v) is 10.1. The van der Waals surface area contributed by atoms with E-state index in [-0.39, 0.29) is 0 Å². The van der Waals surface area contributed by atoms with Gasteiger partial charge in [-0.15, -0.1) is 10.2 Å². The molecule has 1 fully saturated rings. The lowest BCUT2D eigenvalue weighted by atomic mass is 9.97. The summed E-state index contributed by atoms with van der Waals surface area (Å²) in [5.41, 5.74) is 0.847. The maximum Gasteiger partial charge on any atom is 0.137 e. The Morgan fingerprint density at radius 2 is 2.12 bits per heavy atom. The number of hydrogen-bond donors (Lipinski definition) is 0. The predicted molar refractivity (Wildman–Crippen MR) is 109 cm³/mol. The largest absolute Gasteiger partial charge is 0.356 e. The smallest absolute Gasteiger partial charge is 0.137 e. The Labute approximate surface area is 166 Å². The summed E-state index contributed by atoms with van der Waals surface area (Å²) in [6, 6.07) is 8.48. The van der Waals surface area contributed by atoms with Crippen molar-refractivity contribution in [3.63, 3.8) is 0 Å². The van der Waals surface area contributed by atoms with Crippen molar-refractivity contribution in [2.75, 3.05) is 18.0 Å². The second kappa shape index (κ2) is 7.16. The molecule has 0 saturated carbocycles. The summed E-state index contributed by atoms with van der Waals surface area (Å²) >= 11 is 9.89. The normalized spacial score (nSPS) is 18.0. The molecule has 1 saturated heterocycles. The third kappa shape index (κ3) is 3.32. The Hall–Kier alpha value is -1.66. The Bertz CT molecular complexity index is 939. The Morgan fingerprint density at radius 3 is 2.92 bits per heavy atom. The summed E-state index contributed by atoms with van der Waals surface area (Å²) < 4.78 is 3.15. The highest BCUT2D eigenvalue weighted by Crippen LogP contribution is 2.32. The zero-order chi connectivity index (χ0) is 18.3. The summed E-state index contributed by atoms with van der Waals surface area (Å²) in [6.07, 6.45) is 4.08. The van der Waals surface area contributed by atoms with Crippen LogP contribution in [0.25, 0.3) is 10.9 Å². The van der Waals surface area contributed by atoms with E-state index in [1.54, 1.807) is 0 Å². The third-order valence-electron chi connectivity index (χ3n) is 4.96. The summed E-state index contributed by atoms with van der Waals surface area (Å²) in [6.45, 7) is 6.23. The quantitative estimate of drug-likeness (QED) is 0.568. The number of fused-ring (bicyclic) bond motifs is 1. The van der Waals surface area contributed by atoms with Gasteiger partial charge in [0.1, 0.15) is 18.0 Å². The number of rotatable bonds is 3. The van der Waals surface area contributed by atoms with Crippen molar-refractivity contribution >= 4 is 44.3 Å². The van der Waals surface area contributed by atoms with Crippen LogP contribution in [-0.4, -0.2) is 32.8 Å². The topological polar surface area (TPSA) is 46.8 Å². The Morgan fingerprint density at radius 1 is 1.27 bits per heavy atom. The molecule has 0 bridgehead atoms. The van der Waals surface area contributed by atoms with E-state index in [2.05, 4.69) is 61.6 Å². The average molecular weight is 435 g/mol. The zero-order valence-corrected chi connectivity index (χ0v) is 17.2. The molecule has 26 heavy (non-hydrogen) atoms. The van der Waals surface area contributed by atoms with Gasteiger partial charge in [-0.05, 0) is 51.0 Å². The molecule has 1 aliphatic heterocycles. The molecule has 3 heterocycles. The molecule has 7 heteroatoms. The average Bonchev–Trinajstić information content (AvgIpc) is 3.11. The molecular weight excluding hydrogens is 414 g/mol. The molecule has 136 valence electrons. The lowest BCUT2D eigenvalue weighted by Gasteiger charge is -2.33. The number of hydrogen-bond acceptors (Lipinski definition) is 4. The minimum Gasteiger partial charge on any atom is -0.356 e. The van der Waals surface area contributed by atoms with Crippen LogP contribution in [0.15, 0.2) is 35.1 Å². The van der Waals surface area contributed by atoms with Crippen molar-refractivity contribution in [1.82, 2.24) is 19.7 Å². The lowest BCUT2D eigenvalue weighted by Crippen LogP contribution is -2.36. The maximum atomic E-state index is 6.41. The van der Waals surface area contributed by atoms with Crippen LogP contribution in [0.5, 0.6) is 0 Å². The highest BCUT2D eigenvalue weighted by molar-refractivity contribution is 9.10. The molecule has 1 atom stereocenters. The van der Waals surface area contributed by atoms with Crippen LogP contribution in [0.1, 0.15) is 44.5 Å². The highest BCUT2D eigenvalue weighted by Gasteiger charge is 2.26. The first kappa shape index (κ1) is 17.7. The molecule has 1 aliphatic rings. The number of benzene rings is 1. The molecule has 0 aliphatic carbocycles. The second-order valence-corrected chi connectivity index (χ2v) is 8.43. The van der Waals surface area contributed by atoms with Gasteiger partial charge in [-0.1, -0.05) is 27.5 Å². The van der Waals surface area contributed by atoms with E-state index >= 15 is 0 Å². The summed E-state index contributed by atoms with van der Waals surface area (Å²) in [5, 5.41) is 10.3. The highest BCUT2D eigenvalue weighted by atomic mass is 79.9. The number of aromatic nitrogens is 4. The van der Waals surface area contributed by atoms with Gasteiger partial charge >= 0.3 is 0 Å². The van der Waals surface area contributed by atoms with Crippen LogP contribution < -0.4 is 4.90 Å². The number of halogens is 2. The molecule has 0 spiro atoms. The second-order valence-electron chi connectivity index (χ2n) is 7.10. The van der Waals surface area contributed by atoms with Crippen LogP contribution in [0.2, 0.25) is 5.02 Å². The van der Waals surface area contributed by atoms with E-state index in [0.29, 0.717) is 17.0 Å². The minimum atomic E-state index is 0.367. The minimum absolute atomic E-state index is 0.367. The van der Waals surface area contributed by atoms with E-state index in [4.69, 9.17) is 16.6 Å². The molecule has 0 N–H and O–H groups in total. The van der Waals surface area contributed by atoms with Crippen molar-refractivity contribution in [3.8, 4) is 0 Å². The van der Waals surface area contributed by atoms with E-state index in [0.717, 1.165) is 52.9 Å². The monoisotopic (exact) mass is 433 g/mol. The van der Waals surface area contributed by atoms with Gasteiger partial charge in [0.05, 0.1) is 10.5 Å². The Balaban J connectivity index is 1.64. The van der Waals surface area contributed by atoms with Gasteiger partial charge in [-0.25, -0.2) is 4.98 Å². The fourth-order valence-corrected chi connectivity index (χ4v) is 4.54. The van der Waals surface area contributed by atoms with Crippen molar-refractivity contribution in [3.05, 3.63) is 45.9 Å². The molecule has 4 rings (SSSR count). The van der Waals surface area contributed by atoms with Crippen LogP contribution in [0.4, 0.5) is 5.82 Å². The number of nitrogens with zero attached hydrogens (tertiary/aromatic N) is 5. The van der Waals surface area contributed by atoms with E-state index in [9.17, 15) is 0 Å². The maximum absolute atomic E-state index is 6.41. The molecule has 1 unspecified atom stereocenters. The lowest BCUT2D eigenvalue weighted by molar-refractivity contribution is 0.453. The number of piperidine rings is 1. The van der Waals surface area contributed by atoms with Gasteiger partial charge in [0, 0.05) is 34.9 Å². The number of pyridine rings is 1. The first-order valence-electron chi connectivity index (χ1n) is 8.93. The molecule has 1 aromatic carbocycles. The SMILES string of the molecule is CC(C)n1cnnc1C1CCCN(c2ccc3cc(Br)cc(Cl)c3n2)C1. The number of anilines is 1. The summed E-state index contributed by atoms with van der Waals surface area (Å²) in [4.78, 5) is 7.18. The van der Waals surface area contributed by atoms with Gasteiger partial charge in [0.15, 0.2) is 0 Å². The van der Waals surface area contributed by atoms with E-state index in [1.165, 1.54) is 0 Å². The Kier molecular flexibility index (Phi) is 4.88. The molecular formula is C19H21BrClN5. The predicted octanol–water partition coefficient (Wildman–Crippen LogP) is 5.21. The van der Waals surface area contributed by atoms with Gasteiger partial charge in [0.25, 0.3) is 0 Å². The fraction of sp³-hybridized carbons (Fsp3) is 0.421. The summed E-state index contributed by atoms with van der Waals surface area (Å²) in [5.74, 6) is 2.42. The third-order valence-corrected chi connectivity index (χ3v) is 5.71. The van der Waals surface area contributed by atoms with Gasteiger partial charge in [-0.2, -0.15) is 0 Å².